The number of carboxylic acid groups (broad SMARTS) is 1. The highest BCUT2D eigenvalue weighted by Gasteiger charge is 2.37. The molecule has 1 saturated carbocycles. The number of nitrogen functional groups attached to an aromatic ring is 1. The van der Waals surface area contributed by atoms with E-state index in [2.05, 4.69) is 0 Å². The molecular formula is C20H31N3O3. The molecule has 0 radical (unpaired) electrons. The minimum atomic E-state index is -0.857. The molecule has 1 fully saturated rings. The molecule has 2 atom stereocenters. The van der Waals surface area contributed by atoms with E-state index in [1.54, 1.807) is 0 Å². The Balaban J connectivity index is 0.000000195. The lowest BCUT2D eigenvalue weighted by Crippen LogP contribution is -2.58. The molecule has 26 heavy (non-hydrogen) atoms. The van der Waals surface area contributed by atoms with Gasteiger partial charge < -0.3 is 21.0 Å². The zero-order chi connectivity index (χ0) is 19.5. The van der Waals surface area contributed by atoms with Gasteiger partial charge in [-0.3, -0.25) is 4.90 Å². The lowest BCUT2D eigenvalue weighted by molar-refractivity contribution is 0.0491. The minimum absolute atomic E-state index is 0.00549. The van der Waals surface area contributed by atoms with E-state index >= 15 is 0 Å². The second-order valence-corrected chi connectivity index (χ2v) is 7.96. The number of rotatable bonds is 1. The molecule has 1 aromatic carbocycles. The predicted octanol–water partition coefficient (Wildman–Crippen LogP) is 4.36. The van der Waals surface area contributed by atoms with Crippen molar-refractivity contribution in [3.05, 3.63) is 30.0 Å². The van der Waals surface area contributed by atoms with Gasteiger partial charge in [0.1, 0.15) is 5.76 Å². The predicted molar refractivity (Wildman–Crippen MR) is 105 cm³/mol. The van der Waals surface area contributed by atoms with Gasteiger partial charge in [-0.15, -0.1) is 0 Å². The molecule has 0 unspecified atom stereocenters. The van der Waals surface area contributed by atoms with Gasteiger partial charge in [-0.1, -0.05) is 25.0 Å². The van der Waals surface area contributed by atoms with Crippen LogP contribution in [0.1, 0.15) is 52.2 Å². The number of aryl methyl sites for hydroxylation is 1. The van der Waals surface area contributed by atoms with Crippen LogP contribution >= 0.6 is 0 Å². The lowest BCUT2D eigenvalue weighted by Gasteiger charge is -2.44. The maximum absolute atomic E-state index is 11.3. The van der Waals surface area contributed by atoms with E-state index in [1.165, 1.54) is 4.90 Å². The SMILES string of the molecule is CC(C)(C)N(C(=O)O)[C@H]1CCCC[C@H]1N.Cc1cc2cccc(N)c2o1. The molecule has 1 aromatic heterocycles. The zero-order valence-electron chi connectivity index (χ0n) is 16.2. The van der Waals surface area contributed by atoms with Gasteiger partial charge >= 0.3 is 6.09 Å². The smallest absolute Gasteiger partial charge is 0.408 e. The van der Waals surface area contributed by atoms with Crippen LogP contribution in [-0.2, 0) is 0 Å². The van der Waals surface area contributed by atoms with Crippen LogP contribution < -0.4 is 11.5 Å². The number of carbonyl (C=O) groups is 1. The third kappa shape index (κ3) is 4.69. The summed E-state index contributed by atoms with van der Waals surface area (Å²) in [4.78, 5) is 12.8. The number of para-hydroxylation sites is 1. The number of nitrogens with zero attached hydrogens (tertiary/aromatic N) is 1. The highest BCUT2D eigenvalue weighted by atomic mass is 16.4. The number of hydrogen-bond acceptors (Lipinski definition) is 4. The quantitative estimate of drug-likeness (QED) is 0.654. The van der Waals surface area contributed by atoms with Gasteiger partial charge in [0, 0.05) is 17.0 Å². The third-order valence-corrected chi connectivity index (χ3v) is 4.74. The van der Waals surface area contributed by atoms with Crippen LogP contribution in [0.3, 0.4) is 0 Å². The Labute approximate surface area is 155 Å². The Morgan fingerprint density at radius 2 is 1.92 bits per heavy atom. The van der Waals surface area contributed by atoms with Gasteiger partial charge in [-0.2, -0.15) is 0 Å². The van der Waals surface area contributed by atoms with Gasteiger partial charge in [0.05, 0.1) is 11.7 Å². The molecule has 0 spiro atoms. The van der Waals surface area contributed by atoms with Gasteiger partial charge in [-0.25, -0.2) is 4.79 Å². The van der Waals surface area contributed by atoms with Crippen LogP contribution in [0.15, 0.2) is 28.7 Å². The molecule has 0 saturated heterocycles. The van der Waals surface area contributed by atoms with Crippen LogP contribution in [0.5, 0.6) is 0 Å². The maximum Gasteiger partial charge on any atom is 0.408 e. The van der Waals surface area contributed by atoms with Crippen LogP contribution in [-0.4, -0.2) is 33.7 Å². The summed E-state index contributed by atoms with van der Waals surface area (Å²) in [6.45, 7) is 7.67. The molecule has 1 aliphatic rings. The highest BCUT2D eigenvalue weighted by Crippen LogP contribution is 2.27. The van der Waals surface area contributed by atoms with E-state index in [0.29, 0.717) is 5.69 Å². The summed E-state index contributed by atoms with van der Waals surface area (Å²) in [6.07, 6.45) is 3.17. The topological polar surface area (TPSA) is 106 Å². The highest BCUT2D eigenvalue weighted by molar-refractivity contribution is 5.88. The lowest BCUT2D eigenvalue weighted by atomic mass is 9.87. The third-order valence-electron chi connectivity index (χ3n) is 4.74. The van der Waals surface area contributed by atoms with E-state index in [4.69, 9.17) is 15.9 Å². The number of furan rings is 1. The van der Waals surface area contributed by atoms with E-state index < -0.39 is 6.09 Å². The Kier molecular flexibility index (Phi) is 6.18. The molecule has 2 aromatic rings. The van der Waals surface area contributed by atoms with Crippen LogP contribution in [0, 0.1) is 6.92 Å². The van der Waals surface area contributed by atoms with Crippen LogP contribution in [0.25, 0.3) is 11.0 Å². The Morgan fingerprint density at radius 3 is 2.46 bits per heavy atom. The summed E-state index contributed by atoms with van der Waals surface area (Å²) < 4.78 is 5.37. The normalized spacial score (nSPS) is 20.3. The van der Waals surface area contributed by atoms with Crippen LogP contribution in [0.4, 0.5) is 10.5 Å². The molecule has 0 bridgehead atoms. The first-order chi connectivity index (χ1) is 12.1. The van der Waals surface area contributed by atoms with Crippen molar-refractivity contribution in [2.45, 2.75) is 71.0 Å². The minimum Gasteiger partial charge on any atom is -0.465 e. The molecule has 1 amide bonds. The summed E-state index contributed by atoms with van der Waals surface area (Å²) in [7, 11) is 0. The van der Waals surface area contributed by atoms with Gasteiger partial charge in [-0.05, 0) is 52.7 Å². The summed E-state index contributed by atoms with van der Waals surface area (Å²) in [5.41, 5.74) is 12.8. The first kappa shape index (κ1) is 20.1. The second-order valence-electron chi connectivity index (χ2n) is 7.96. The average molecular weight is 361 g/mol. The molecular weight excluding hydrogens is 330 g/mol. The van der Waals surface area contributed by atoms with Crippen LogP contribution in [0.2, 0.25) is 0 Å². The van der Waals surface area contributed by atoms with Crippen molar-refractivity contribution in [3.63, 3.8) is 0 Å². The van der Waals surface area contributed by atoms with Gasteiger partial charge in [0.25, 0.3) is 0 Å². The van der Waals surface area contributed by atoms with Gasteiger partial charge in [0.15, 0.2) is 5.58 Å². The maximum atomic E-state index is 11.3. The van der Waals surface area contributed by atoms with Gasteiger partial charge in [0.2, 0.25) is 0 Å². The molecule has 1 heterocycles. The van der Waals surface area contributed by atoms with Crippen molar-refractivity contribution in [2.75, 3.05) is 5.73 Å². The first-order valence-corrected chi connectivity index (χ1v) is 9.13. The molecule has 0 aliphatic heterocycles. The number of anilines is 1. The summed E-state index contributed by atoms with van der Waals surface area (Å²) in [5.74, 6) is 0.901. The number of hydrogen-bond donors (Lipinski definition) is 3. The molecule has 3 rings (SSSR count). The number of fused-ring (bicyclic) bond motifs is 1. The molecule has 6 nitrogen and oxygen atoms in total. The monoisotopic (exact) mass is 361 g/mol. The van der Waals surface area contributed by atoms with E-state index in [-0.39, 0.29) is 17.6 Å². The fourth-order valence-electron chi connectivity index (χ4n) is 3.60. The molecule has 144 valence electrons. The van der Waals surface area contributed by atoms with Crippen molar-refractivity contribution in [3.8, 4) is 0 Å². The Bertz CT molecular complexity index is 748. The Morgan fingerprint density at radius 1 is 1.27 bits per heavy atom. The first-order valence-electron chi connectivity index (χ1n) is 9.13. The summed E-state index contributed by atoms with van der Waals surface area (Å²) >= 11 is 0. The number of nitrogens with two attached hydrogens (primary N) is 2. The number of amides is 1. The van der Waals surface area contributed by atoms with E-state index in [0.717, 1.165) is 42.4 Å². The fraction of sp³-hybridized carbons (Fsp3) is 0.550. The zero-order valence-corrected chi connectivity index (χ0v) is 16.2. The Hall–Kier alpha value is -2.21. The van der Waals surface area contributed by atoms with E-state index in [1.807, 2.05) is 52.0 Å². The summed E-state index contributed by atoms with van der Waals surface area (Å²) in [6, 6.07) is 7.71. The molecule has 6 heteroatoms. The standard InChI is InChI=1S/C11H22N2O2.C9H9NO/c1-11(2,3)13(10(14)15)9-7-5-4-6-8(9)12;1-6-5-7-3-2-4-8(10)9(7)11-6/h8-9H,4-7,12H2,1-3H3,(H,14,15);2-5H,10H2,1H3/t8-,9+;/m1./s1. The second kappa shape index (κ2) is 7.99. The molecule has 5 N–H and O–H groups in total. The van der Waals surface area contributed by atoms with Crippen molar-refractivity contribution in [1.82, 2.24) is 4.90 Å². The van der Waals surface area contributed by atoms with Crippen molar-refractivity contribution in [2.24, 2.45) is 5.73 Å². The number of benzene rings is 1. The fourth-order valence-corrected chi connectivity index (χ4v) is 3.60. The molecule has 1 aliphatic carbocycles. The van der Waals surface area contributed by atoms with Crippen molar-refractivity contribution >= 4 is 22.7 Å². The largest absolute Gasteiger partial charge is 0.465 e. The average Bonchev–Trinajstić information content (AvgIpc) is 2.90. The van der Waals surface area contributed by atoms with E-state index in [9.17, 15) is 9.90 Å². The summed E-state index contributed by atoms with van der Waals surface area (Å²) in [5, 5.41) is 10.3. The van der Waals surface area contributed by atoms with Crippen molar-refractivity contribution in [1.29, 1.82) is 0 Å². The van der Waals surface area contributed by atoms with Crippen molar-refractivity contribution < 1.29 is 14.3 Å².